The van der Waals surface area contributed by atoms with Gasteiger partial charge in [-0.2, -0.15) is 0 Å². The van der Waals surface area contributed by atoms with Gasteiger partial charge in [-0.05, 0) is 43.5 Å². The number of nitrogens with zero attached hydrogens (tertiary/aromatic N) is 4. The first-order valence-electron chi connectivity index (χ1n) is 10.3. The van der Waals surface area contributed by atoms with E-state index in [1.165, 1.54) is 6.33 Å². The number of piperidine rings is 1. The van der Waals surface area contributed by atoms with Gasteiger partial charge >= 0.3 is 0 Å². The molecule has 1 atom stereocenters. The number of anilines is 1. The smallest absolute Gasteiger partial charge is 0.255 e. The largest absolute Gasteiger partial charge is 0.391 e. The van der Waals surface area contributed by atoms with E-state index in [1.54, 1.807) is 29.3 Å². The van der Waals surface area contributed by atoms with Crippen molar-refractivity contribution in [2.24, 2.45) is 0 Å². The topological polar surface area (TPSA) is 105 Å². The van der Waals surface area contributed by atoms with Crippen LogP contribution in [0.2, 0.25) is 5.02 Å². The molecule has 1 unspecified atom stereocenters. The van der Waals surface area contributed by atoms with Crippen molar-refractivity contribution in [2.45, 2.75) is 32.3 Å². The van der Waals surface area contributed by atoms with E-state index in [0.29, 0.717) is 41.6 Å². The van der Waals surface area contributed by atoms with Gasteiger partial charge in [0.15, 0.2) is 0 Å². The zero-order valence-corrected chi connectivity index (χ0v) is 18.0. The second kappa shape index (κ2) is 8.99. The summed E-state index contributed by atoms with van der Waals surface area (Å²) in [7, 11) is 0. The molecular formula is C23H24ClN5O2. The zero-order valence-electron chi connectivity index (χ0n) is 17.3. The molecule has 0 aliphatic carbocycles. The van der Waals surface area contributed by atoms with Crippen molar-refractivity contribution in [1.29, 1.82) is 0 Å². The number of β-amino-alcohol motifs (C(OH)–C–C–N with tert-alkyl or cyclic N) is 1. The Morgan fingerprint density at radius 3 is 2.71 bits per heavy atom. The summed E-state index contributed by atoms with van der Waals surface area (Å²) in [6.07, 6.45) is 4.97. The number of aromatic nitrogens is 3. The van der Waals surface area contributed by atoms with Crippen LogP contribution < -0.4 is 5.73 Å². The summed E-state index contributed by atoms with van der Waals surface area (Å²) in [5.41, 5.74) is 10.3. The van der Waals surface area contributed by atoms with Gasteiger partial charge in [0.1, 0.15) is 12.1 Å². The molecule has 3 aromatic rings. The quantitative estimate of drug-likeness (QED) is 0.646. The van der Waals surface area contributed by atoms with Gasteiger partial charge in [-0.3, -0.25) is 4.79 Å². The van der Waals surface area contributed by atoms with Crippen LogP contribution >= 0.6 is 11.6 Å². The molecule has 7 nitrogen and oxygen atoms in total. The van der Waals surface area contributed by atoms with Crippen LogP contribution in [0.5, 0.6) is 0 Å². The number of aryl methyl sites for hydroxylation is 1. The SMILES string of the molecule is CCc1ncnc(-c2ccc(C(=O)N3CCCC(O)C3)c(Cl)c2)c1-c1ccc(N)nc1. The number of nitrogen functional groups attached to an aromatic ring is 1. The molecular weight excluding hydrogens is 414 g/mol. The van der Waals surface area contributed by atoms with Crippen LogP contribution in [0.3, 0.4) is 0 Å². The van der Waals surface area contributed by atoms with E-state index in [9.17, 15) is 9.90 Å². The zero-order chi connectivity index (χ0) is 22.0. The summed E-state index contributed by atoms with van der Waals surface area (Å²) in [6.45, 7) is 2.98. The average Bonchev–Trinajstić information content (AvgIpc) is 2.78. The van der Waals surface area contributed by atoms with Crippen LogP contribution in [0.15, 0.2) is 42.9 Å². The molecule has 4 rings (SSSR count). The lowest BCUT2D eigenvalue weighted by Gasteiger charge is -2.30. The Kier molecular flexibility index (Phi) is 6.15. The van der Waals surface area contributed by atoms with Crippen molar-refractivity contribution in [2.75, 3.05) is 18.8 Å². The number of rotatable bonds is 4. The van der Waals surface area contributed by atoms with Gasteiger partial charge in [-0.15, -0.1) is 0 Å². The van der Waals surface area contributed by atoms with E-state index in [4.69, 9.17) is 17.3 Å². The monoisotopic (exact) mass is 437 g/mol. The standard InChI is InChI=1S/C23H24ClN5O2/c1-2-19-21(15-6-8-20(25)26-11-15)22(28-13-27-19)14-5-7-17(18(24)10-14)23(31)29-9-3-4-16(30)12-29/h5-8,10-11,13,16,30H,2-4,9,12H2,1H3,(H2,25,26). The van der Waals surface area contributed by atoms with E-state index < -0.39 is 6.10 Å². The second-order valence-corrected chi connectivity index (χ2v) is 8.02. The highest BCUT2D eigenvalue weighted by molar-refractivity contribution is 6.34. The van der Waals surface area contributed by atoms with E-state index >= 15 is 0 Å². The van der Waals surface area contributed by atoms with Crippen molar-refractivity contribution in [3.63, 3.8) is 0 Å². The van der Waals surface area contributed by atoms with Crippen LogP contribution in [0.25, 0.3) is 22.4 Å². The summed E-state index contributed by atoms with van der Waals surface area (Å²) in [4.78, 5) is 27.7. The van der Waals surface area contributed by atoms with Crippen molar-refractivity contribution in [3.8, 4) is 22.4 Å². The minimum absolute atomic E-state index is 0.171. The second-order valence-electron chi connectivity index (χ2n) is 7.61. The van der Waals surface area contributed by atoms with E-state index in [0.717, 1.165) is 35.2 Å². The number of carbonyl (C=O) groups excluding carboxylic acids is 1. The molecule has 1 amide bonds. The summed E-state index contributed by atoms with van der Waals surface area (Å²) in [6, 6.07) is 8.96. The number of halogens is 1. The highest BCUT2D eigenvalue weighted by atomic mass is 35.5. The molecule has 3 N–H and O–H groups in total. The van der Waals surface area contributed by atoms with Crippen molar-refractivity contribution >= 4 is 23.3 Å². The number of pyridine rings is 1. The fourth-order valence-corrected chi connectivity index (χ4v) is 4.17. The minimum atomic E-state index is -0.486. The number of likely N-dealkylation sites (tertiary alicyclic amines) is 1. The average molecular weight is 438 g/mol. The molecule has 2 aromatic heterocycles. The Bertz CT molecular complexity index is 1100. The fourth-order valence-electron chi connectivity index (χ4n) is 3.91. The first kappa shape index (κ1) is 21.2. The molecule has 1 aliphatic heterocycles. The lowest BCUT2D eigenvalue weighted by atomic mass is 9.97. The number of aliphatic hydroxyl groups is 1. The Morgan fingerprint density at radius 1 is 1.23 bits per heavy atom. The van der Waals surface area contributed by atoms with Crippen LogP contribution in [-0.4, -0.2) is 50.1 Å². The van der Waals surface area contributed by atoms with Gasteiger partial charge in [0, 0.05) is 36.0 Å². The molecule has 1 aromatic carbocycles. The lowest BCUT2D eigenvalue weighted by molar-refractivity contribution is 0.0474. The number of benzene rings is 1. The predicted octanol–water partition coefficient (Wildman–Crippen LogP) is 3.60. The van der Waals surface area contributed by atoms with E-state index in [1.807, 2.05) is 19.1 Å². The molecule has 160 valence electrons. The lowest BCUT2D eigenvalue weighted by Crippen LogP contribution is -2.42. The van der Waals surface area contributed by atoms with Crippen molar-refractivity contribution in [1.82, 2.24) is 19.9 Å². The van der Waals surface area contributed by atoms with Crippen molar-refractivity contribution < 1.29 is 9.90 Å². The van der Waals surface area contributed by atoms with Gasteiger partial charge in [-0.1, -0.05) is 24.6 Å². The van der Waals surface area contributed by atoms with Gasteiger partial charge in [0.2, 0.25) is 0 Å². The summed E-state index contributed by atoms with van der Waals surface area (Å²) in [5.74, 6) is 0.268. The predicted molar refractivity (Wildman–Crippen MR) is 121 cm³/mol. The maximum atomic E-state index is 12.9. The highest BCUT2D eigenvalue weighted by Crippen LogP contribution is 2.34. The number of amides is 1. The molecule has 0 bridgehead atoms. The van der Waals surface area contributed by atoms with Gasteiger partial charge in [0.25, 0.3) is 5.91 Å². The number of aliphatic hydroxyl groups excluding tert-OH is 1. The molecule has 1 saturated heterocycles. The molecule has 0 radical (unpaired) electrons. The summed E-state index contributed by atoms with van der Waals surface area (Å²) in [5, 5.41) is 10.2. The van der Waals surface area contributed by atoms with Crippen molar-refractivity contribution in [3.05, 3.63) is 59.1 Å². The maximum absolute atomic E-state index is 12.9. The first-order valence-corrected chi connectivity index (χ1v) is 10.7. The third-order valence-electron chi connectivity index (χ3n) is 5.49. The third-order valence-corrected chi connectivity index (χ3v) is 5.81. The summed E-state index contributed by atoms with van der Waals surface area (Å²) < 4.78 is 0. The Morgan fingerprint density at radius 2 is 2.03 bits per heavy atom. The molecule has 3 heterocycles. The van der Waals surface area contributed by atoms with Crippen LogP contribution in [0.1, 0.15) is 35.8 Å². The normalized spacial score (nSPS) is 16.4. The number of nitrogens with two attached hydrogens (primary N) is 1. The third kappa shape index (κ3) is 4.38. The molecule has 31 heavy (non-hydrogen) atoms. The highest BCUT2D eigenvalue weighted by Gasteiger charge is 2.25. The molecule has 0 spiro atoms. The number of hydrogen-bond donors (Lipinski definition) is 2. The Hall–Kier alpha value is -3.03. The molecule has 1 fully saturated rings. The van der Waals surface area contributed by atoms with Gasteiger partial charge in [-0.25, -0.2) is 15.0 Å². The van der Waals surface area contributed by atoms with Crippen LogP contribution in [0.4, 0.5) is 5.82 Å². The number of hydrogen-bond acceptors (Lipinski definition) is 6. The van der Waals surface area contributed by atoms with Gasteiger partial charge in [0.05, 0.1) is 28.1 Å². The van der Waals surface area contributed by atoms with Crippen LogP contribution in [-0.2, 0) is 6.42 Å². The maximum Gasteiger partial charge on any atom is 0.255 e. The van der Waals surface area contributed by atoms with E-state index in [-0.39, 0.29) is 5.91 Å². The number of carbonyl (C=O) groups is 1. The molecule has 1 aliphatic rings. The van der Waals surface area contributed by atoms with Crippen LogP contribution in [0, 0.1) is 0 Å². The molecule has 8 heteroatoms. The molecule has 0 saturated carbocycles. The first-order chi connectivity index (χ1) is 15.0. The minimum Gasteiger partial charge on any atom is -0.391 e. The summed E-state index contributed by atoms with van der Waals surface area (Å²) >= 11 is 6.54. The van der Waals surface area contributed by atoms with Gasteiger partial charge < -0.3 is 15.7 Å². The fraction of sp³-hybridized carbons (Fsp3) is 0.304. The Balaban J connectivity index is 1.73. The Labute approximate surface area is 185 Å². The van der Waals surface area contributed by atoms with E-state index in [2.05, 4.69) is 15.0 Å².